The van der Waals surface area contributed by atoms with Crippen LogP contribution < -0.4 is 0 Å². The van der Waals surface area contributed by atoms with Crippen molar-refractivity contribution in [2.24, 2.45) is 11.8 Å². The van der Waals surface area contributed by atoms with Crippen LogP contribution in [0.1, 0.15) is 61.5 Å². The van der Waals surface area contributed by atoms with Crippen molar-refractivity contribution in [1.82, 2.24) is 0 Å². The van der Waals surface area contributed by atoms with E-state index in [2.05, 4.69) is 79.7 Å². The first-order chi connectivity index (χ1) is 10.3. The van der Waals surface area contributed by atoms with E-state index in [0.717, 1.165) is 11.8 Å². The molecule has 2 aromatic carbocycles. The standard InChI is InChI=1S/2C7H8.2C4H10.CH4.H2/c2*1-7-5-3-2-4-6-7;2*1-4(2)3;;/h2*2-6H,1H3;2*4H,1-3H3;1H4;1H/i;;;;;1+1. The Hall–Kier alpha value is -1.56. The van der Waals surface area contributed by atoms with Gasteiger partial charge < -0.3 is 0 Å². The lowest BCUT2D eigenvalue weighted by Gasteiger charge is -1.82. The molecule has 0 heteroatoms. The van der Waals surface area contributed by atoms with Gasteiger partial charge in [0.15, 0.2) is 0 Å². The molecule has 2 aromatic rings. The fourth-order valence-corrected chi connectivity index (χ4v) is 1.07. The molecule has 0 spiro atoms. The normalized spacial score (nSPS) is 8.43. The molecule has 0 radical (unpaired) electrons. The first-order valence-corrected chi connectivity index (χ1v) is 8.29. The molecule has 0 fully saturated rings. The number of hydrogen-bond acceptors (Lipinski definition) is 0. The molecular formula is C23H42. The third kappa shape index (κ3) is 33.3. The second-order valence-corrected chi connectivity index (χ2v) is 6.77. The number of benzene rings is 2. The summed E-state index contributed by atoms with van der Waals surface area (Å²) in [6, 6.07) is 20.5. The zero-order valence-corrected chi connectivity index (χ0v) is 15.9. The molecule has 0 atom stereocenters. The van der Waals surface area contributed by atoms with Crippen LogP contribution in [0.3, 0.4) is 0 Å². The van der Waals surface area contributed by atoms with Crippen molar-refractivity contribution >= 4 is 0 Å². The van der Waals surface area contributed by atoms with E-state index in [1.165, 1.54) is 11.1 Å². The Morgan fingerprint density at radius 3 is 0.783 bits per heavy atom. The summed E-state index contributed by atoms with van der Waals surface area (Å²) in [6.45, 7) is 17.2. The first kappa shape index (κ1) is 26.3. The molecule has 0 unspecified atom stereocenters. The highest BCUT2D eigenvalue weighted by molar-refractivity contribution is 5.12. The maximum Gasteiger partial charge on any atom is 0 e. The second kappa shape index (κ2) is 18.5. The first-order valence-electron chi connectivity index (χ1n) is 8.29. The summed E-state index contributed by atoms with van der Waals surface area (Å²) < 4.78 is 0. The minimum absolute atomic E-state index is 0. The molecular weight excluding hydrogens is 276 g/mol. The molecule has 0 heterocycles. The molecule has 0 aliphatic heterocycles. The van der Waals surface area contributed by atoms with E-state index >= 15 is 0 Å². The van der Waals surface area contributed by atoms with Gasteiger partial charge in [0.25, 0.3) is 0 Å². The summed E-state index contributed by atoms with van der Waals surface area (Å²) >= 11 is 0. The van der Waals surface area contributed by atoms with Crippen LogP contribution in [-0.2, 0) is 0 Å². The predicted molar refractivity (Wildman–Crippen MR) is 112 cm³/mol. The van der Waals surface area contributed by atoms with Gasteiger partial charge >= 0.3 is 0 Å². The number of hydrogen-bond donors (Lipinski definition) is 0. The molecule has 0 amide bonds. The number of rotatable bonds is 0. The molecule has 0 nitrogen and oxygen atoms in total. The van der Waals surface area contributed by atoms with Gasteiger partial charge in [0.2, 0.25) is 0 Å². The van der Waals surface area contributed by atoms with Gasteiger partial charge in [-0.1, -0.05) is 121 Å². The third-order valence-electron chi connectivity index (χ3n) is 1.88. The van der Waals surface area contributed by atoms with Crippen molar-refractivity contribution < 1.29 is 1.43 Å². The SMILES string of the molecule is C.CC(C)C.CC(C)C.Cc1ccccc1.Cc1ccccc1.[2HH]. The van der Waals surface area contributed by atoms with E-state index in [1.54, 1.807) is 0 Å². The van der Waals surface area contributed by atoms with Gasteiger partial charge in [0.1, 0.15) is 0 Å². The van der Waals surface area contributed by atoms with Gasteiger partial charge in [0, 0.05) is 1.43 Å². The second-order valence-electron chi connectivity index (χ2n) is 6.77. The predicted octanol–water partition coefficient (Wildman–Crippen LogP) is 8.20. The van der Waals surface area contributed by atoms with Gasteiger partial charge in [-0.05, 0) is 25.7 Å². The van der Waals surface area contributed by atoms with E-state index in [0.29, 0.717) is 0 Å². The molecule has 2 rings (SSSR count). The van der Waals surface area contributed by atoms with E-state index in [4.69, 9.17) is 0 Å². The molecule has 0 bridgehead atoms. The Morgan fingerprint density at radius 2 is 0.696 bits per heavy atom. The van der Waals surface area contributed by atoms with Crippen molar-refractivity contribution in [3.8, 4) is 0 Å². The Bertz CT molecular complexity index is 369. The molecule has 0 aromatic heterocycles. The van der Waals surface area contributed by atoms with Crippen LogP contribution in [0, 0.1) is 25.7 Å². The van der Waals surface area contributed by atoms with Crippen LogP contribution in [0.5, 0.6) is 0 Å². The number of aryl methyl sites for hydroxylation is 2. The third-order valence-corrected chi connectivity index (χ3v) is 1.88. The molecule has 0 aliphatic rings. The van der Waals surface area contributed by atoms with Gasteiger partial charge in [-0.2, -0.15) is 0 Å². The van der Waals surface area contributed by atoms with Crippen LogP contribution in [0.25, 0.3) is 0 Å². The highest BCUT2D eigenvalue weighted by atomic mass is 13.8. The fourth-order valence-electron chi connectivity index (χ4n) is 1.07. The average molecular weight is 320 g/mol. The van der Waals surface area contributed by atoms with E-state index in [9.17, 15) is 0 Å². The molecule has 0 saturated heterocycles. The summed E-state index contributed by atoms with van der Waals surface area (Å²) in [7, 11) is 0. The summed E-state index contributed by atoms with van der Waals surface area (Å²) in [4.78, 5) is 0. The molecule has 134 valence electrons. The lowest BCUT2D eigenvalue weighted by Crippen LogP contribution is -1.66. The van der Waals surface area contributed by atoms with Crippen LogP contribution in [0.2, 0.25) is 0 Å². The van der Waals surface area contributed by atoms with E-state index in [-0.39, 0.29) is 8.85 Å². The lowest BCUT2D eigenvalue weighted by atomic mass is 10.2. The van der Waals surface area contributed by atoms with Gasteiger partial charge in [-0.3, -0.25) is 0 Å². The molecule has 0 saturated carbocycles. The van der Waals surface area contributed by atoms with Gasteiger partial charge in [-0.25, -0.2) is 0 Å². The molecule has 0 N–H and O–H groups in total. The van der Waals surface area contributed by atoms with E-state index in [1.807, 2.05) is 36.4 Å². The molecule has 23 heavy (non-hydrogen) atoms. The van der Waals surface area contributed by atoms with Gasteiger partial charge in [0.05, 0.1) is 0 Å². The van der Waals surface area contributed by atoms with Crippen LogP contribution >= 0.6 is 0 Å². The topological polar surface area (TPSA) is 0 Å². The lowest BCUT2D eigenvalue weighted by molar-refractivity contribution is 0.736. The van der Waals surface area contributed by atoms with Crippen LogP contribution in [0.15, 0.2) is 60.7 Å². The van der Waals surface area contributed by atoms with Crippen LogP contribution in [0.4, 0.5) is 0 Å². The zero-order chi connectivity index (χ0) is 17.4. The largest absolute Gasteiger partial charge is 0.0776 e. The van der Waals surface area contributed by atoms with Crippen LogP contribution in [-0.4, -0.2) is 0 Å². The summed E-state index contributed by atoms with van der Waals surface area (Å²) in [6.07, 6.45) is 0. The Labute approximate surface area is 148 Å². The quantitative estimate of drug-likeness (QED) is 0.459. The monoisotopic (exact) mass is 319 g/mol. The Balaban J connectivity index is -0.000000112. The minimum atomic E-state index is 0. The maximum atomic E-state index is 2.17. The van der Waals surface area contributed by atoms with Crippen molar-refractivity contribution in [1.29, 1.82) is 0 Å². The minimum Gasteiger partial charge on any atom is -0.0776 e. The smallest absolute Gasteiger partial charge is 0 e. The summed E-state index contributed by atoms with van der Waals surface area (Å²) in [5.41, 5.74) is 2.64. The Morgan fingerprint density at radius 1 is 0.522 bits per heavy atom. The van der Waals surface area contributed by atoms with Crippen molar-refractivity contribution in [3.05, 3.63) is 71.8 Å². The molecule has 0 aliphatic carbocycles. The average Bonchev–Trinajstić information content (AvgIpc) is 2.40. The van der Waals surface area contributed by atoms with Crippen molar-refractivity contribution in [2.45, 2.75) is 62.8 Å². The summed E-state index contributed by atoms with van der Waals surface area (Å²) in [5.74, 6) is 1.67. The van der Waals surface area contributed by atoms with Gasteiger partial charge in [-0.15, -0.1) is 0 Å². The fraction of sp³-hybridized carbons (Fsp3) is 0.478. The van der Waals surface area contributed by atoms with E-state index < -0.39 is 0 Å². The highest BCUT2D eigenvalue weighted by Crippen LogP contribution is 1.92. The summed E-state index contributed by atoms with van der Waals surface area (Å²) in [5, 5.41) is 0. The Kier molecular flexibility index (Phi) is 21.2. The maximum absolute atomic E-state index is 2.17. The highest BCUT2D eigenvalue weighted by Gasteiger charge is 1.72. The van der Waals surface area contributed by atoms with Crippen molar-refractivity contribution in [3.63, 3.8) is 0 Å². The van der Waals surface area contributed by atoms with Crippen molar-refractivity contribution in [2.75, 3.05) is 0 Å². The zero-order valence-electron chi connectivity index (χ0n) is 15.9.